The van der Waals surface area contributed by atoms with Crippen molar-refractivity contribution in [2.45, 2.75) is 114 Å². The molecule has 1 aromatic heterocycles. The average Bonchev–Trinajstić information content (AvgIpc) is 2.81. The van der Waals surface area contributed by atoms with Crippen LogP contribution in [0.15, 0.2) is 20.0 Å². The molecule has 1 amide bonds. The lowest BCUT2D eigenvalue weighted by Crippen LogP contribution is -2.64. The zero-order valence-electron chi connectivity index (χ0n) is 24.2. The number of rotatable bonds is 5. The molecule has 2 aliphatic heterocycles. The minimum Gasteiger partial charge on any atom is -0.444 e. The topological polar surface area (TPSA) is 93.0 Å². The van der Waals surface area contributed by atoms with Gasteiger partial charge in [-0.1, -0.05) is 38.9 Å². The smallest absolute Gasteiger partial charge is 0.413 e. The molecule has 13 heteroatoms. The predicted molar refractivity (Wildman–Crippen MR) is 156 cm³/mol. The largest absolute Gasteiger partial charge is 0.444 e. The number of aromatic nitrogens is 1. The molecule has 39 heavy (non-hydrogen) atoms. The molecule has 2 aliphatic rings. The average molecular weight is 654 g/mol. The van der Waals surface area contributed by atoms with E-state index in [2.05, 4.69) is 30.6 Å². The highest BCUT2D eigenvalue weighted by atomic mass is 79.9. The number of alkyl halides is 2. The van der Waals surface area contributed by atoms with Crippen molar-refractivity contribution in [1.29, 1.82) is 0 Å². The van der Waals surface area contributed by atoms with Crippen molar-refractivity contribution in [3.8, 4) is 0 Å². The second-order valence-corrected chi connectivity index (χ2v) is 21.2. The number of aliphatic imine (C=N–C) groups is 1. The normalized spacial score (nSPS) is 28.1. The van der Waals surface area contributed by atoms with Gasteiger partial charge in [0.05, 0.1) is 23.1 Å². The van der Waals surface area contributed by atoms with E-state index in [1.807, 2.05) is 20.8 Å². The number of amidine groups is 1. The Morgan fingerprint density at radius 3 is 2.28 bits per heavy atom. The van der Waals surface area contributed by atoms with Crippen LogP contribution in [0.2, 0.25) is 18.1 Å². The fourth-order valence-corrected chi connectivity index (χ4v) is 13.2. The lowest BCUT2D eigenvalue weighted by atomic mass is 9.88. The number of carbonyl (C=O) groups excluding carboxylic acids is 1. The SMILES string of the molecule is CC[Si](CC)(CC)c1cc(Br)nc([C@@]2(C)N=C(NC(=O)OC(C)(C)C)C(C)(C)[S@@]3(=O)=NCC(F)(F)C[C@@H]23)c1F. The van der Waals surface area contributed by atoms with Crippen LogP contribution >= 0.6 is 15.9 Å². The van der Waals surface area contributed by atoms with E-state index in [1.54, 1.807) is 40.7 Å². The second kappa shape index (κ2) is 10.4. The predicted octanol–water partition coefficient (Wildman–Crippen LogP) is 6.50. The summed E-state index contributed by atoms with van der Waals surface area (Å²) in [4.78, 5) is 22.0. The third-order valence-corrected chi connectivity index (χ3v) is 17.8. The van der Waals surface area contributed by atoms with E-state index in [0.717, 1.165) is 18.1 Å². The first-order valence-corrected chi connectivity index (χ1v) is 18.3. The summed E-state index contributed by atoms with van der Waals surface area (Å²) in [5.74, 6) is -3.94. The maximum Gasteiger partial charge on any atom is 0.413 e. The van der Waals surface area contributed by atoms with Gasteiger partial charge in [0.25, 0.3) is 5.92 Å². The van der Waals surface area contributed by atoms with Gasteiger partial charge in [0.15, 0.2) is 0 Å². The highest BCUT2D eigenvalue weighted by Gasteiger charge is 2.61. The Balaban J connectivity index is 2.38. The van der Waals surface area contributed by atoms with Crippen molar-refractivity contribution < 1.29 is 26.9 Å². The van der Waals surface area contributed by atoms with E-state index in [1.165, 1.54) is 6.92 Å². The quantitative estimate of drug-likeness (QED) is 0.290. The van der Waals surface area contributed by atoms with Crippen molar-refractivity contribution in [1.82, 2.24) is 10.3 Å². The van der Waals surface area contributed by atoms with Crippen LogP contribution in [-0.2, 0) is 20.0 Å². The van der Waals surface area contributed by atoms with Crippen molar-refractivity contribution in [3.05, 3.63) is 22.2 Å². The van der Waals surface area contributed by atoms with E-state index in [9.17, 15) is 17.8 Å². The van der Waals surface area contributed by atoms with Crippen molar-refractivity contribution in [2.24, 2.45) is 9.36 Å². The molecular formula is C26H40BrF3N4O3SSi. The van der Waals surface area contributed by atoms with E-state index >= 15 is 4.39 Å². The van der Waals surface area contributed by atoms with Crippen LogP contribution in [-0.4, -0.2) is 57.3 Å². The van der Waals surface area contributed by atoms with Gasteiger partial charge >= 0.3 is 6.09 Å². The van der Waals surface area contributed by atoms with E-state index in [-0.39, 0.29) is 11.5 Å². The number of nitrogens with zero attached hydrogens (tertiary/aromatic N) is 3. The highest BCUT2D eigenvalue weighted by Crippen LogP contribution is 2.50. The Labute approximate surface area is 239 Å². The molecule has 0 saturated heterocycles. The van der Waals surface area contributed by atoms with Gasteiger partial charge in [0.2, 0.25) is 0 Å². The van der Waals surface area contributed by atoms with Crippen LogP contribution in [0.5, 0.6) is 0 Å². The molecule has 3 rings (SSSR count). The Kier molecular flexibility index (Phi) is 8.56. The number of nitrogens with one attached hydrogen (secondary N) is 1. The Morgan fingerprint density at radius 2 is 1.77 bits per heavy atom. The van der Waals surface area contributed by atoms with Crippen LogP contribution in [0.25, 0.3) is 0 Å². The van der Waals surface area contributed by atoms with Gasteiger partial charge < -0.3 is 4.74 Å². The summed E-state index contributed by atoms with van der Waals surface area (Å²) in [5.41, 5.74) is -2.83. The molecule has 0 spiro atoms. The van der Waals surface area contributed by atoms with Crippen molar-refractivity contribution >= 4 is 50.8 Å². The van der Waals surface area contributed by atoms with E-state index in [4.69, 9.17) is 9.73 Å². The summed E-state index contributed by atoms with van der Waals surface area (Å²) in [6.07, 6.45) is -1.66. The van der Waals surface area contributed by atoms with Gasteiger partial charge in [-0.25, -0.2) is 31.5 Å². The summed E-state index contributed by atoms with van der Waals surface area (Å²) in [5, 5.41) is 1.76. The maximum atomic E-state index is 16.7. The van der Waals surface area contributed by atoms with Crippen LogP contribution < -0.4 is 10.5 Å². The zero-order valence-corrected chi connectivity index (χ0v) is 27.6. The molecular weight excluding hydrogens is 613 g/mol. The number of fused-ring (bicyclic) bond motifs is 1. The third kappa shape index (κ3) is 5.56. The minimum absolute atomic E-state index is 0.0674. The number of hydrogen-bond donors (Lipinski definition) is 1. The van der Waals surface area contributed by atoms with Crippen LogP contribution in [0.3, 0.4) is 0 Å². The summed E-state index contributed by atoms with van der Waals surface area (Å²) in [6, 6.07) is 4.01. The van der Waals surface area contributed by atoms with Gasteiger partial charge in [-0.15, -0.1) is 0 Å². The number of ether oxygens (including phenoxy) is 1. The van der Waals surface area contributed by atoms with Gasteiger partial charge in [0, 0.05) is 6.42 Å². The molecule has 0 radical (unpaired) electrons. The number of hydrogen-bond acceptors (Lipinski definition) is 6. The number of carbonyl (C=O) groups is 1. The maximum absolute atomic E-state index is 16.7. The van der Waals surface area contributed by atoms with Gasteiger partial charge in [-0.05, 0) is 68.7 Å². The van der Waals surface area contributed by atoms with Gasteiger partial charge in [-0.2, -0.15) is 0 Å². The molecule has 0 fully saturated rings. The lowest BCUT2D eigenvalue weighted by Gasteiger charge is -2.49. The fourth-order valence-electron chi connectivity index (χ4n) is 5.66. The number of halogens is 4. The summed E-state index contributed by atoms with van der Waals surface area (Å²) in [6.45, 7) is 14.8. The number of pyridine rings is 1. The molecule has 0 saturated carbocycles. The minimum atomic E-state index is -3.54. The molecule has 0 aromatic carbocycles. The van der Waals surface area contributed by atoms with Crippen LogP contribution in [0, 0.1) is 5.82 Å². The summed E-state index contributed by atoms with van der Waals surface area (Å²) < 4.78 is 69.5. The highest BCUT2D eigenvalue weighted by molar-refractivity contribution is 9.10. The third-order valence-electron chi connectivity index (χ3n) is 8.26. The molecule has 0 bridgehead atoms. The first kappa shape index (κ1) is 32.0. The van der Waals surface area contributed by atoms with E-state index in [0.29, 0.717) is 9.79 Å². The summed E-state index contributed by atoms with van der Waals surface area (Å²) in [7, 11) is -5.85. The first-order chi connectivity index (χ1) is 17.7. The number of amides is 1. The molecule has 3 heterocycles. The molecule has 1 aromatic rings. The monoisotopic (exact) mass is 652 g/mol. The first-order valence-electron chi connectivity index (χ1n) is 13.3. The molecule has 1 N–H and O–H groups in total. The molecule has 3 atom stereocenters. The van der Waals surface area contributed by atoms with Crippen LogP contribution in [0.1, 0.15) is 74.4 Å². The molecule has 7 nitrogen and oxygen atoms in total. The van der Waals surface area contributed by atoms with Gasteiger partial charge in [0.1, 0.15) is 44.4 Å². The Morgan fingerprint density at radius 1 is 1.21 bits per heavy atom. The zero-order chi connectivity index (χ0) is 29.8. The van der Waals surface area contributed by atoms with Crippen molar-refractivity contribution in [2.75, 3.05) is 6.54 Å². The second-order valence-electron chi connectivity index (χ2n) is 12.1. The van der Waals surface area contributed by atoms with Gasteiger partial charge in [-0.3, -0.25) is 10.3 Å². The van der Waals surface area contributed by atoms with Crippen molar-refractivity contribution in [3.63, 3.8) is 0 Å². The Hall–Kier alpha value is -1.47. The van der Waals surface area contributed by atoms with E-state index < -0.39 is 69.7 Å². The fraction of sp³-hybridized carbons (Fsp3) is 0.731. The standard InChI is InChI=1S/C26H40BrF3N4O3SSi/c1-10-39(11-2,12-3)16-13-18(27)32-20(19(16)28)25(9)17-14-26(29,30)15-31-38(17,36)24(7,8)21(34-25)33-22(35)37-23(4,5)6/h13,17H,10-12,14-15H2,1-9H3,(H,33,34,35)/t17-,25-,38+/m0/s1. The summed E-state index contributed by atoms with van der Waals surface area (Å²) >= 11 is 3.42. The number of alkyl carbamates (subject to hydrolysis) is 1. The Bertz CT molecular complexity index is 1300. The lowest BCUT2D eigenvalue weighted by molar-refractivity contribution is -0.00695. The molecule has 220 valence electrons. The molecule has 0 unspecified atom stereocenters. The van der Waals surface area contributed by atoms with Crippen LogP contribution in [0.4, 0.5) is 18.0 Å². The molecule has 0 aliphatic carbocycles.